The van der Waals surface area contributed by atoms with Gasteiger partial charge in [-0.25, -0.2) is 9.59 Å². The summed E-state index contributed by atoms with van der Waals surface area (Å²) in [4.78, 5) is 25.6. The lowest BCUT2D eigenvalue weighted by Crippen LogP contribution is -2.47. The highest BCUT2D eigenvalue weighted by molar-refractivity contribution is 5.89. The molecule has 1 fully saturated rings. The number of rotatable bonds is 5. The van der Waals surface area contributed by atoms with E-state index in [-0.39, 0.29) is 18.2 Å². The number of amides is 3. The Labute approximate surface area is 164 Å². The van der Waals surface area contributed by atoms with Crippen LogP contribution in [0.5, 0.6) is 11.5 Å². The van der Waals surface area contributed by atoms with Gasteiger partial charge in [0.2, 0.25) is 0 Å². The van der Waals surface area contributed by atoms with Crippen LogP contribution in [0.25, 0.3) is 0 Å². The van der Waals surface area contributed by atoms with Gasteiger partial charge in [0.05, 0.1) is 6.61 Å². The van der Waals surface area contributed by atoms with Crippen molar-refractivity contribution in [2.75, 3.05) is 25.0 Å². The summed E-state index contributed by atoms with van der Waals surface area (Å²) in [6, 6.07) is 16.5. The highest BCUT2D eigenvalue weighted by atomic mass is 16.6. The minimum absolute atomic E-state index is 0.0337. The van der Waals surface area contributed by atoms with Crippen LogP contribution in [0, 0.1) is 0 Å². The maximum atomic E-state index is 12.2. The molecule has 1 saturated heterocycles. The Balaban J connectivity index is 1.43. The summed E-state index contributed by atoms with van der Waals surface area (Å²) in [5.74, 6) is 1.46. The average Bonchev–Trinajstić information content (AvgIpc) is 2.71. The summed E-state index contributed by atoms with van der Waals surface area (Å²) < 4.78 is 10.7. The fourth-order valence-corrected chi connectivity index (χ4v) is 3.00. The molecule has 2 aromatic carbocycles. The molecule has 28 heavy (non-hydrogen) atoms. The van der Waals surface area contributed by atoms with Crippen molar-refractivity contribution in [2.24, 2.45) is 0 Å². The lowest BCUT2D eigenvalue weighted by molar-refractivity contribution is 0.0959. The first-order valence-electron chi connectivity index (χ1n) is 9.46. The molecule has 0 saturated carbocycles. The number of carbonyl (C=O) groups excluding carboxylic acids is 2. The average molecular weight is 383 g/mol. The molecule has 7 heteroatoms. The topological polar surface area (TPSA) is 79.9 Å². The lowest BCUT2D eigenvalue weighted by Gasteiger charge is -2.31. The molecule has 0 atom stereocenters. The van der Waals surface area contributed by atoms with Crippen LogP contribution in [-0.4, -0.2) is 42.8 Å². The Kier molecular flexibility index (Phi) is 6.73. The first-order valence-corrected chi connectivity index (χ1v) is 9.46. The molecule has 1 aliphatic rings. The molecule has 0 unspecified atom stereocenters. The van der Waals surface area contributed by atoms with Gasteiger partial charge in [-0.2, -0.15) is 0 Å². The van der Waals surface area contributed by atoms with Crippen LogP contribution in [0.2, 0.25) is 0 Å². The van der Waals surface area contributed by atoms with Crippen molar-refractivity contribution in [1.29, 1.82) is 0 Å². The van der Waals surface area contributed by atoms with Crippen molar-refractivity contribution < 1.29 is 19.1 Å². The van der Waals surface area contributed by atoms with E-state index < -0.39 is 0 Å². The van der Waals surface area contributed by atoms with E-state index in [2.05, 4.69) is 10.6 Å². The standard InChI is InChI=1S/C21H25N3O4/c1-2-27-21(26)24-14-12-17(13-15-24)23-20(25)22-16-8-10-19(11-9-16)28-18-6-4-3-5-7-18/h3-11,17H,2,12-15H2,1H3,(H2,22,23,25). The molecule has 7 nitrogen and oxygen atoms in total. The third-order valence-electron chi connectivity index (χ3n) is 4.45. The molecule has 0 radical (unpaired) electrons. The lowest BCUT2D eigenvalue weighted by atomic mass is 10.1. The van der Waals surface area contributed by atoms with E-state index in [1.807, 2.05) is 30.3 Å². The van der Waals surface area contributed by atoms with Crippen molar-refractivity contribution in [3.8, 4) is 11.5 Å². The number of carbonyl (C=O) groups is 2. The Hall–Kier alpha value is -3.22. The molecule has 0 aliphatic carbocycles. The number of benzene rings is 2. The van der Waals surface area contributed by atoms with Crippen molar-refractivity contribution in [1.82, 2.24) is 10.2 Å². The Morgan fingerprint density at radius 2 is 1.64 bits per heavy atom. The van der Waals surface area contributed by atoms with Gasteiger partial charge in [-0.1, -0.05) is 18.2 Å². The van der Waals surface area contributed by atoms with Crippen LogP contribution in [0.1, 0.15) is 19.8 Å². The molecule has 3 rings (SSSR count). The van der Waals surface area contributed by atoms with E-state index in [1.165, 1.54) is 0 Å². The summed E-state index contributed by atoms with van der Waals surface area (Å²) in [5, 5.41) is 5.78. The number of urea groups is 1. The van der Waals surface area contributed by atoms with Crippen molar-refractivity contribution in [3.05, 3.63) is 54.6 Å². The minimum Gasteiger partial charge on any atom is -0.457 e. The second-order valence-electron chi connectivity index (χ2n) is 6.50. The number of anilines is 1. The second kappa shape index (κ2) is 9.64. The molecule has 3 amide bonds. The number of piperidine rings is 1. The van der Waals surface area contributed by atoms with Crippen LogP contribution >= 0.6 is 0 Å². The van der Waals surface area contributed by atoms with Gasteiger partial charge in [-0.05, 0) is 56.2 Å². The minimum atomic E-state index is -0.289. The van der Waals surface area contributed by atoms with E-state index in [1.54, 1.807) is 36.1 Å². The summed E-state index contributed by atoms with van der Waals surface area (Å²) in [6.45, 7) is 3.32. The summed E-state index contributed by atoms with van der Waals surface area (Å²) in [5.41, 5.74) is 0.682. The van der Waals surface area contributed by atoms with E-state index in [4.69, 9.17) is 9.47 Å². The van der Waals surface area contributed by atoms with Crippen LogP contribution in [-0.2, 0) is 4.74 Å². The second-order valence-corrected chi connectivity index (χ2v) is 6.50. The number of nitrogens with one attached hydrogen (secondary N) is 2. The number of hydrogen-bond acceptors (Lipinski definition) is 4. The van der Waals surface area contributed by atoms with Crippen LogP contribution < -0.4 is 15.4 Å². The first kappa shape index (κ1) is 19.5. The Bertz CT molecular complexity index is 772. The molecule has 148 valence electrons. The van der Waals surface area contributed by atoms with Crippen LogP contribution in [0.4, 0.5) is 15.3 Å². The predicted molar refractivity (Wildman–Crippen MR) is 107 cm³/mol. The van der Waals surface area contributed by atoms with E-state index >= 15 is 0 Å². The molecular weight excluding hydrogens is 358 g/mol. The number of nitrogens with zero attached hydrogens (tertiary/aromatic N) is 1. The quantitative estimate of drug-likeness (QED) is 0.810. The van der Waals surface area contributed by atoms with Gasteiger partial charge in [-0.3, -0.25) is 0 Å². The van der Waals surface area contributed by atoms with Crippen molar-refractivity contribution in [3.63, 3.8) is 0 Å². The fraction of sp³-hybridized carbons (Fsp3) is 0.333. The monoisotopic (exact) mass is 383 g/mol. The molecule has 0 aromatic heterocycles. The maximum Gasteiger partial charge on any atom is 0.409 e. The smallest absolute Gasteiger partial charge is 0.409 e. The molecule has 2 aromatic rings. The zero-order valence-electron chi connectivity index (χ0n) is 15.9. The van der Waals surface area contributed by atoms with Gasteiger partial charge in [0.1, 0.15) is 11.5 Å². The van der Waals surface area contributed by atoms with Gasteiger partial charge in [0.25, 0.3) is 0 Å². The Morgan fingerprint density at radius 1 is 1.00 bits per heavy atom. The van der Waals surface area contributed by atoms with Gasteiger partial charge >= 0.3 is 12.1 Å². The van der Waals surface area contributed by atoms with Crippen molar-refractivity contribution in [2.45, 2.75) is 25.8 Å². The molecule has 1 heterocycles. The molecule has 2 N–H and O–H groups in total. The zero-order chi connectivity index (χ0) is 19.8. The normalized spacial score (nSPS) is 14.2. The largest absolute Gasteiger partial charge is 0.457 e. The SMILES string of the molecule is CCOC(=O)N1CCC(NC(=O)Nc2ccc(Oc3ccccc3)cc2)CC1. The van der Waals surface area contributed by atoms with Gasteiger partial charge in [-0.15, -0.1) is 0 Å². The van der Waals surface area contributed by atoms with Crippen LogP contribution in [0.3, 0.4) is 0 Å². The third kappa shape index (κ3) is 5.64. The van der Waals surface area contributed by atoms with E-state index in [0.717, 1.165) is 5.75 Å². The number of ether oxygens (including phenoxy) is 2. The molecule has 0 bridgehead atoms. The predicted octanol–water partition coefficient (Wildman–Crippen LogP) is 4.22. The summed E-state index contributed by atoms with van der Waals surface area (Å²) in [7, 11) is 0. The number of hydrogen-bond donors (Lipinski definition) is 2. The summed E-state index contributed by atoms with van der Waals surface area (Å²) in [6.07, 6.45) is 1.12. The van der Waals surface area contributed by atoms with Crippen molar-refractivity contribution >= 4 is 17.8 Å². The van der Waals surface area contributed by atoms with Crippen LogP contribution in [0.15, 0.2) is 54.6 Å². The molecule has 0 spiro atoms. The first-order chi connectivity index (χ1) is 13.6. The number of para-hydroxylation sites is 1. The van der Waals surface area contributed by atoms with E-state index in [0.29, 0.717) is 44.0 Å². The highest BCUT2D eigenvalue weighted by Gasteiger charge is 2.24. The molecule has 1 aliphatic heterocycles. The van der Waals surface area contributed by atoms with Gasteiger partial charge < -0.3 is 25.0 Å². The fourth-order valence-electron chi connectivity index (χ4n) is 3.00. The third-order valence-corrected chi connectivity index (χ3v) is 4.45. The van der Waals surface area contributed by atoms with Gasteiger partial charge in [0, 0.05) is 24.8 Å². The highest BCUT2D eigenvalue weighted by Crippen LogP contribution is 2.22. The van der Waals surface area contributed by atoms with Gasteiger partial charge in [0.15, 0.2) is 0 Å². The van der Waals surface area contributed by atoms with E-state index in [9.17, 15) is 9.59 Å². The molecular formula is C21H25N3O4. The number of likely N-dealkylation sites (tertiary alicyclic amines) is 1. The zero-order valence-corrected chi connectivity index (χ0v) is 15.9. The summed E-state index contributed by atoms with van der Waals surface area (Å²) >= 11 is 0. The maximum absolute atomic E-state index is 12.2. The Morgan fingerprint density at radius 3 is 2.29 bits per heavy atom.